The summed E-state index contributed by atoms with van der Waals surface area (Å²) in [5.41, 5.74) is 1.21. The zero-order valence-corrected chi connectivity index (χ0v) is 14.9. The molecule has 140 valence electrons. The molecule has 0 unspecified atom stereocenters. The lowest BCUT2D eigenvalue weighted by Crippen LogP contribution is -2.25. The second-order valence-electron chi connectivity index (χ2n) is 6.73. The van der Waals surface area contributed by atoms with Gasteiger partial charge in [-0.2, -0.15) is 5.10 Å². The molecule has 1 aliphatic carbocycles. The van der Waals surface area contributed by atoms with Gasteiger partial charge in [0.25, 0.3) is 5.91 Å². The molecule has 7 nitrogen and oxygen atoms in total. The van der Waals surface area contributed by atoms with Crippen LogP contribution >= 0.6 is 0 Å². The molecule has 0 radical (unpaired) electrons. The molecule has 27 heavy (non-hydrogen) atoms. The summed E-state index contributed by atoms with van der Waals surface area (Å²) >= 11 is 0. The Balaban J connectivity index is 0.000000218. The molecule has 8 heteroatoms. The number of carbonyl (C=O) groups excluding carboxylic acids is 1. The van der Waals surface area contributed by atoms with Gasteiger partial charge in [-0.3, -0.25) is 9.78 Å². The van der Waals surface area contributed by atoms with Gasteiger partial charge in [-0.15, -0.1) is 0 Å². The van der Waals surface area contributed by atoms with Crippen molar-refractivity contribution in [3.63, 3.8) is 0 Å². The Bertz CT molecular complexity index is 918. The molecule has 2 aliphatic rings. The summed E-state index contributed by atoms with van der Waals surface area (Å²) in [5, 5.41) is 7.20. The fourth-order valence-electron chi connectivity index (χ4n) is 2.97. The van der Waals surface area contributed by atoms with Crippen molar-refractivity contribution in [3.8, 4) is 0 Å². The van der Waals surface area contributed by atoms with E-state index in [1.165, 1.54) is 31.3 Å². The lowest BCUT2D eigenvalue weighted by Gasteiger charge is -2.16. The summed E-state index contributed by atoms with van der Waals surface area (Å²) in [6, 6.07) is 5.22. The molecule has 1 N–H and O–H groups in total. The zero-order chi connectivity index (χ0) is 18.6. The van der Waals surface area contributed by atoms with E-state index in [-0.39, 0.29) is 11.7 Å². The van der Waals surface area contributed by atoms with Crippen LogP contribution in [0, 0.1) is 5.82 Å². The highest BCUT2D eigenvalue weighted by Crippen LogP contribution is 2.22. The molecule has 3 aromatic rings. The van der Waals surface area contributed by atoms with Gasteiger partial charge in [-0.05, 0) is 43.9 Å². The second kappa shape index (κ2) is 7.69. The van der Waals surface area contributed by atoms with Gasteiger partial charge in [0, 0.05) is 31.5 Å². The van der Waals surface area contributed by atoms with Crippen molar-refractivity contribution in [2.24, 2.45) is 0 Å². The standard InChI is InChI=1S/C14H17N5O.C5H4FN/c20-14(16-10-3-4-10)11-9-15-19-8-5-12(17-13(11)19)18-6-1-2-7-18;6-5-2-1-3-7-4-5/h5,8-10H,1-4,6-7H2,(H,16,20);1-4H. The van der Waals surface area contributed by atoms with Crippen LogP contribution in [0.5, 0.6) is 0 Å². The molecule has 1 saturated carbocycles. The van der Waals surface area contributed by atoms with Gasteiger partial charge in [-0.1, -0.05) is 0 Å². The normalized spacial score (nSPS) is 16.1. The Labute approximate surface area is 156 Å². The van der Waals surface area contributed by atoms with Crippen molar-refractivity contribution < 1.29 is 9.18 Å². The number of hydrogen-bond acceptors (Lipinski definition) is 5. The number of rotatable bonds is 3. The molecule has 1 saturated heterocycles. The highest BCUT2D eigenvalue weighted by atomic mass is 19.1. The maximum Gasteiger partial charge on any atom is 0.256 e. The van der Waals surface area contributed by atoms with Crippen LogP contribution in [-0.2, 0) is 0 Å². The van der Waals surface area contributed by atoms with Crippen LogP contribution in [0.15, 0.2) is 43.0 Å². The van der Waals surface area contributed by atoms with E-state index in [0.717, 1.165) is 31.7 Å². The Morgan fingerprint density at radius 2 is 2.00 bits per heavy atom. The first-order chi connectivity index (χ1) is 13.2. The number of halogens is 1. The van der Waals surface area contributed by atoms with Crippen LogP contribution in [0.2, 0.25) is 0 Å². The molecule has 4 heterocycles. The van der Waals surface area contributed by atoms with Crippen LogP contribution in [0.3, 0.4) is 0 Å². The topological polar surface area (TPSA) is 75.4 Å². The van der Waals surface area contributed by atoms with Crippen LogP contribution in [0.4, 0.5) is 10.2 Å². The maximum absolute atomic E-state index is 12.2. The Morgan fingerprint density at radius 1 is 1.19 bits per heavy atom. The highest BCUT2D eigenvalue weighted by Gasteiger charge is 2.26. The van der Waals surface area contributed by atoms with E-state index < -0.39 is 0 Å². The van der Waals surface area contributed by atoms with Gasteiger partial charge in [-0.25, -0.2) is 13.9 Å². The van der Waals surface area contributed by atoms with Crippen molar-refractivity contribution in [1.29, 1.82) is 0 Å². The third-order valence-electron chi connectivity index (χ3n) is 4.57. The van der Waals surface area contributed by atoms with Crippen LogP contribution < -0.4 is 10.2 Å². The molecule has 3 aromatic heterocycles. The number of aromatic nitrogens is 4. The first kappa shape index (κ1) is 17.4. The van der Waals surface area contributed by atoms with E-state index in [4.69, 9.17) is 0 Å². The van der Waals surface area contributed by atoms with Gasteiger partial charge in [0.15, 0.2) is 5.65 Å². The fraction of sp³-hybridized carbons (Fsp3) is 0.368. The summed E-state index contributed by atoms with van der Waals surface area (Å²) in [5.74, 6) is 0.590. The van der Waals surface area contributed by atoms with Gasteiger partial charge < -0.3 is 10.2 Å². The molecule has 0 aromatic carbocycles. The Kier molecular flexibility index (Phi) is 4.95. The molecule has 0 spiro atoms. The van der Waals surface area contributed by atoms with Gasteiger partial charge in [0.1, 0.15) is 17.2 Å². The molecule has 0 bridgehead atoms. The van der Waals surface area contributed by atoms with Crippen molar-refractivity contribution in [3.05, 3.63) is 54.4 Å². The lowest BCUT2D eigenvalue weighted by atomic mass is 10.3. The minimum Gasteiger partial charge on any atom is -0.357 e. The first-order valence-corrected chi connectivity index (χ1v) is 9.16. The lowest BCUT2D eigenvalue weighted by molar-refractivity contribution is 0.0952. The van der Waals surface area contributed by atoms with Crippen molar-refractivity contribution in [1.82, 2.24) is 24.9 Å². The highest BCUT2D eigenvalue weighted by molar-refractivity contribution is 6.00. The predicted octanol–water partition coefficient (Wildman–Crippen LogP) is 2.44. The number of carbonyl (C=O) groups is 1. The summed E-state index contributed by atoms with van der Waals surface area (Å²) in [4.78, 5) is 22.6. The summed E-state index contributed by atoms with van der Waals surface area (Å²) in [6.07, 6.45) is 10.8. The monoisotopic (exact) mass is 368 g/mol. The molecular formula is C19H21FN6O. The van der Waals surface area contributed by atoms with Crippen molar-refractivity contribution in [2.75, 3.05) is 18.0 Å². The molecular weight excluding hydrogens is 347 g/mol. The van der Waals surface area contributed by atoms with E-state index in [2.05, 4.69) is 25.3 Å². The quantitative estimate of drug-likeness (QED) is 0.769. The number of hydrogen-bond donors (Lipinski definition) is 1. The van der Waals surface area contributed by atoms with Crippen LogP contribution in [0.25, 0.3) is 5.65 Å². The molecule has 5 rings (SSSR count). The minimum atomic E-state index is -0.289. The number of fused-ring (bicyclic) bond motifs is 1. The number of nitrogens with one attached hydrogen (secondary N) is 1. The van der Waals surface area contributed by atoms with Crippen molar-refractivity contribution in [2.45, 2.75) is 31.7 Å². The van der Waals surface area contributed by atoms with Gasteiger partial charge in [0.2, 0.25) is 0 Å². The van der Waals surface area contributed by atoms with E-state index in [0.29, 0.717) is 17.3 Å². The second-order valence-corrected chi connectivity index (χ2v) is 6.73. The average Bonchev–Trinajstić information content (AvgIpc) is 3.18. The molecule has 1 amide bonds. The summed E-state index contributed by atoms with van der Waals surface area (Å²) in [7, 11) is 0. The number of nitrogens with zero attached hydrogens (tertiary/aromatic N) is 5. The minimum absolute atomic E-state index is 0.0615. The van der Waals surface area contributed by atoms with E-state index in [1.807, 2.05) is 12.3 Å². The van der Waals surface area contributed by atoms with E-state index in [9.17, 15) is 9.18 Å². The summed E-state index contributed by atoms with van der Waals surface area (Å²) < 4.78 is 13.5. The Hall–Kier alpha value is -3.03. The number of pyridine rings is 1. The molecule has 0 atom stereocenters. The largest absolute Gasteiger partial charge is 0.357 e. The van der Waals surface area contributed by atoms with E-state index >= 15 is 0 Å². The smallest absolute Gasteiger partial charge is 0.256 e. The third-order valence-corrected chi connectivity index (χ3v) is 4.57. The van der Waals surface area contributed by atoms with Gasteiger partial charge >= 0.3 is 0 Å². The Morgan fingerprint density at radius 3 is 2.63 bits per heavy atom. The fourth-order valence-corrected chi connectivity index (χ4v) is 2.97. The predicted molar refractivity (Wildman–Crippen MR) is 99.1 cm³/mol. The maximum atomic E-state index is 12.2. The van der Waals surface area contributed by atoms with Crippen molar-refractivity contribution >= 4 is 17.4 Å². The van der Waals surface area contributed by atoms with Crippen LogP contribution in [0.1, 0.15) is 36.0 Å². The summed E-state index contributed by atoms with van der Waals surface area (Å²) in [6.45, 7) is 2.09. The number of amides is 1. The third kappa shape index (κ3) is 4.21. The van der Waals surface area contributed by atoms with Gasteiger partial charge in [0.05, 0.1) is 12.4 Å². The molecule has 2 fully saturated rings. The number of anilines is 1. The molecule has 1 aliphatic heterocycles. The van der Waals surface area contributed by atoms with Crippen LogP contribution in [-0.4, -0.2) is 44.6 Å². The zero-order valence-electron chi connectivity index (χ0n) is 14.9. The first-order valence-electron chi connectivity index (χ1n) is 9.16. The van der Waals surface area contributed by atoms with E-state index in [1.54, 1.807) is 16.8 Å². The average molecular weight is 368 g/mol. The SMILES string of the molecule is Fc1cccnc1.O=C(NC1CC1)c1cnn2ccc(N3CCCC3)nc12.